The number of aromatic nitrogens is 2. The summed E-state index contributed by atoms with van der Waals surface area (Å²) >= 11 is 0. The van der Waals surface area contributed by atoms with Gasteiger partial charge < -0.3 is 9.13 Å². The van der Waals surface area contributed by atoms with Crippen molar-refractivity contribution in [3.8, 4) is 33.9 Å². The maximum Gasteiger partial charge on any atom is 0.271 e. The van der Waals surface area contributed by atoms with Crippen LogP contribution in [0.1, 0.15) is 39.8 Å². The topological polar surface area (TPSA) is 51.3 Å². The van der Waals surface area contributed by atoms with Crippen LogP contribution < -0.4 is 5.43 Å². The van der Waals surface area contributed by atoms with Crippen LogP contribution in [0.3, 0.4) is 0 Å². The van der Waals surface area contributed by atoms with Crippen LogP contribution in [-0.4, -0.2) is 21.3 Å². The van der Waals surface area contributed by atoms with Gasteiger partial charge in [-0.05, 0) is 91.6 Å². The van der Waals surface area contributed by atoms with Gasteiger partial charge in [-0.1, -0.05) is 79.7 Å². The monoisotopic (exact) mass is 562 g/mol. The molecule has 0 spiro atoms. The van der Waals surface area contributed by atoms with E-state index >= 15 is 0 Å². The van der Waals surface area contributed by atoms with Gasteiger partial charge in [0, 0.05) is 33.9 Å². The molecular weight excluding hydrogens is 528 g/mol. The lowest BCUT2D eigenvalue weighted by Gasteiger charge is -2.15. The number of hydrazone groups is 1. The Kier molecular flexibility index (Phi) is 7.88. The van der Waals surface area contributed by atoms with Crippen LogP contribution >= 0.6 is 0 Å². The third-order valence-corrected chi connectivity index (χ3v) is 7.85. The predicted molar refractivity (Wildman–Crippen MR) is 176 cm³/mol. The van der Waals surface area contributed by atoms with Crippen LogP contribution in [0, 0.1) is 13.8 Å². The van der Waals surface area contributed by atoms with Crippen molar-refractivity contribution in [1.82, 2.24) is 14.6 Å². The summed E-state index contributed by atoms with van der Waals surface area (Å²) in [5.74, 6) is -0.258. The molecule has 0 saturated carbocycles. The Hall–Kier alpha value is -5.42. The third-order valence-electron chi connectivity index (χ3n) is 7.85. The molecule has 6 rings (SSSR count). The molecule has 5 nitrogen and oxygen atoms in total. The van der Waals surface area contributed by atoms with E-state index < -0.39 is 0 Å². The maximum atomic E-state index is 13.0. The Balaban J connectivity index is 1.22. The second kappa shape index (κ2) is 12.2. The van der Waals surface area contributed by atoms with Gasteiger partial charge in [-0.15, -0.1) is 0 Å². The molecule has 0 aliphatic heterocycles. The van der Waals surface area contributed by atoms with Crippen LogP contribution in [0.25, 0.3) is 33.9 Å². The molecule has 0 saturated heterocycles. The van der Waals surface area contributed by atoms with E-state index in [0.717, 1.165) is 57.3 Å². The van der Waals surface area contributed by atoms with Gasteiger partial charge in [0.2, 0.25) is 0 Å². The number of hydrogen-bond acceptors (Lipinski definition) is 2. The van der Waals surface area contributed by atoms with E-state index in [2.05, 4.69) is 107 Å². The van der Waals surface area contributed by atoms with Crippen molar-refractivity contribution in [2.75, 3.05) is 0 Å². The van der Waals surface area contributed by atoms with Crippen LogP contribution in [0.5, 0.6) is 0 Å². The number of rotatable bonds is 8. The Bertz CT molecular complexity index is 1820. The Labute approximate surface area is 252 Å². The molecular formula is C38H34N4O. The molecule has 0 unspecified atom stereocenters. The lowest BCUT2D eigenvalue weighted by Crippen LogP contribution is -2.17. The SMILES string of the molecule is CCc1ccc(-n2c(C)cc(/C=N\NC(=O)c3ccc(-n4c(-c5ccccc5)ccc4-c4ccccc4)cc3)c2C)cc1. The summed E-state index contributed by atoms with van der Waals surface area (Å²) in [6, 6.07) is 43.3. The normalized spacial score (nSPS) is 11.2. The first kappa shape index (κ1) is 27.7. The smallest absolute Gasteiger partial charge is 0.271 e. The number of benzene rings is 4. The van der Waals surface area contributed by atoms with E-state index in [1.165, 1.54) is 5.56 Å². The van der Waals surface area contributed by atoms with Crippen molar-refractivity contribution in [3.05, 3.63) is 155 Å². The molecule has 2 heterocycles. The standard InChI is InChI=1S/C38H34N4O/c1-4-29-15-19-34(20-16-29)41-27(2)25-33(28(41)3)26-39-40-38(43)32-17-21-35(22-18-32)42-36(30-11-7-5-8-12-30)23-24-37(42)31-13-9-6-10-14-31/h5-26H,4H2,1-3H3,(H,40,43)/b39-26-. The fraction of sp³-hybridized carbons (Fsp3) is 0.105. The van der Waals surface area contributed by atoms with Crippen molar-refractivity contribution >= 4 is 12.1 Å². The van der Waals surface area contributed by atoms with Gasteiger partial charge in [0.05, 0.1) is 17.6 Å². The van der Waals surface area contributed by atoms with E-state index in [0.29, 0.717) is 5.56 Å². The molecule has 0 aliphatic rings. The number of hydrogen-bond donors (Lipinski definition) is 1. The van der Waals surface area contributed by atoms with Gasteiger partial charge in [0.1, 0.15) is 0 Å². The molecule has 0 aliphatic carbocycles. The molecule has 0 radical (unpaired) electrons. The summed E-state index contributed by atoms with van der Waals surface area (Å²) in [4.78, 5) is 13.0. The molecule has 6 aromatic rings. The molecule has 1 amide bonds. The van der Waals surface area contributed by atoms with Crippen molar-refractivity contribution in [2.24, 2.45) is 5.10 Å². The first-order chi connectivity index (χ1) is 21.0. The molecule has 43 heavy (non-hydrogen) atoms. The zero-order valence-corrected chi connectivity index (χ0v) is 24.7. The summed E-state index contributed by atoms with van der Waals surface area (Å²) in [6.45, 7) is 6.30. The summed E-state index contributed by atoms with van der Waals surface area (Å²) in [7, 11) is 0. The Morgan fingerprint density at radius 3 is 1.79 bits per heavy atom. The lowest BCUT2D eigenvalue weighted by molar-refractivity contribution is 0.0955. The van der Waals surface area contributed by atoms with E-state index in [9.17, 15) is 4.79 Å². The summed E-state index contributed by atoms with van der Waals surface area (Å²) < 4.78 is 4.44. The first-order valence-electron chi connectivity index (χ1n) is 14.6. The van der Waals surface area contributed by atoms with Crippen molar-refractivity contribution in [3.63, 3.8) is 0 Å². The molecule has 0 bridgehead atoms. The lowest BCUT2D eigenvalue weighted by atomic mass is 10.1. The van der Waals surface area contributed by atoms with Gasteiger partial charge >= 0.3 is 0 Å². The number of carbonyl (C=O) groups is 1. The van der Waals surface area contributed by atoms with Gasteiger partial charge in [-0.25, -0.2) is 5.43 Å². The van der Waals surface area contributed by atoms with E-state index in [1.54, 1.807) is 6.21 Å². The summed E-state index contributed by atoms with van der Waals surface area (Å²) in [5, 5.41) is 4.29. The average Bonchev–Trinajstić information content (AvgIpc) is 3.62. The Morgan fingerprint density at radius 1 is 0.698 bits per heavy atom. The zero-order chi connectivity index (χ0) is 29.8. The van der Waals surface area contributed by atoms with Crippen molar-refractivity contribution in [1.29, 1.82) is 0 Å². The zero-order valence-electron chi connectivity index (χ0n) is 24.7. The average molecular weight is 563 g/mol. The number of amides is 1. The largest absolute Gasteiger partial charge is 0.318 e. The minimum Gasteiger partial charge on any atom is -0.318 e. The molecule has 1 N–H and O–H groups in total. The molecule has 4 aromatic carbocycles. The summed E-state index contributed by atoms with van der Waals surface area (Å²) in [6.07, 6.45) is 2.73. The highest BCUT2D eigenvalue weighted by atomic mass is 16.2. The minimum atomic E-state index is -0.258. The van der Waals surface area contributed by atoms with Crippen LogP contribution in [0.15, 0.2) is 132 Å². The highest BCUT2D eigenvalue weighted by Gasteiger charge is 2.15. The minimum absolute atomic E-state index is 0.258. The van der Waals surface area contributed by atoms with Crippen LogP contribution in [-0.2, 0) is 6.42 Å². The van der Waals surface area contributed by atoms with Gasteiger partial charge in [0.25, 0.3) is 5.91 Å². The highest BCUT2D eigenvalue weighted by Crippen LogP contribution is 2.32. The quantitative estimate of drug-likeness (QED) is 0.147. The van der Waals surface area contributed by atoms with E-state index in [1.807, 2.05) is 60.7 Å². The Morgan fingerprint density at radius 2 is 1.23 bits per heavy atom. The van der Waals surface area contributed by atoms with Gasteiger partial charge in [0.15, 0.2) is 0 Å². The van der Waals surface area contributed by atoms with Crippen LogP contribution in [0.4, 0.5) is 0 Å². The van der Waals surface area contributed by atoms with E-state index in [-0.39, 0.29) is 5.91 Å². The maximum absolute atomic E-state index is 13.0. The molecule has 0 atom stereocenters. The predicted octanol–water partition coefficient (Wildman–Crippen LogP) is 8.55. The number of nitrogens with one attached hydrogen (secondary N) is 1. The van der Waals surface area contributed by atoms with E-state index in [4.69, 9.17) is 0 Å². The fourth-order valence-corrected chi connectivity index (χ4v) is 5.57. The highest BCUT2D eigenvalue weighted by molar-refractivity contribution is 5.95. The summed E-state index contributed by atoms with van der Waals surface area (Å²) in [5.41, 5.74) is 14.2. The molecule has 5 heteroatoms. The first-order valence-corrected chi connectivity index (χ1v) is 14.6. The molecule has 0 fully saturated rings. The second-order valence-corrected chi connectivity index (χ2v) is 10.6. The van der Waals surface area contributed by atoms with Gasteiger partial charge in [-0.3, -0.25) is 4.79 Å². The van der Waals surface area contributed by atoms with Crippen molar-refractivity contribution in [2.45, 2.75) is 27.2 Å². The molecule has 2 aromatic heterocycles. The number of nitrogens with zero attached hydrogens (tertiary/aromatic N) is 3. The van der Waals surface area contributed by atoms with Gasteiger partial charge in [-0.2, -0.15) is 5.10 Å². The number of aryl methyl sites for hydroxylation is 2. The van der Waals surface area contributed by atoms with Crippen molar-refractivity contribution < 1.29 is 4.79 Å². The molecule has 212 valence electrons. The number of carbonyl (C=O) groups excluding carboxylic acids is 1. The fourth-order valence-electron chi connectivity index (χ4n) is 5.57. The second-order valence-electron chi connectivity index (χ2n) is 10.6. The van der Waals surface area contributed by atoms with Crippen LogP contribution in [0.2, 0.25) is 0 Å². The third kappa shape index (κ3) is 5.70.